The van der Waals surface area contributed by atoms with Gasteiger partial charge in [0.15, 0.2) is 0 Å². The third-order valence-electron chi connectivity index (χ3n) is 4.45. The summed E-state index contributed by atoms with van der Waals surface area (Å²) in [7, 11) is 0. The van der Waals surface area contributed by atoms with Crippen LogP contribution in [0.4, 0.5) is 0 Å². The van der Waals surface area contributed by atoms with Crippen LogP contribution in [-0.4, -0.2) is 11.0 Å². The van der Waals surface area contributed by atoms with E-state index in [0.717, 1.165) is 12.8 Å². The Morgan fingerprint density at radius 3 is 2.00 bits per heavy atom. The summed E-state index contributed by atoms with van der Waals surface area (Å²) in [5, 5.41) is 0. The van der Waals surface area contributed by atoms with E-state index in [-0.39, 0.29) is 69.4 Å². The van der Waals surface area contributed by atoms with Gasteiger partial charge < -0.3 is 7.43 Å². The summed E-state index contributed by atoms with van der Waals surface area (Å²) >= 11 is 0. The molecule has 0 bridgehead atoms. The Balaban J connectivity index is -0.000000174. The Hall–Kier alpha value is -0.400. The summed E-state index contributed by atoms with van der Waals surface area (Å²) < 4.78 is 0. The number of halogens is 2. The second-order valence-electron chi connectivity index (χ2n) is 6.60. The molecule has 0 fully saturated rings. The Morgan fingerprint density at radius 1 is 0.900 bits per heavy atom. The van der Waals surface area contributed by atoms with Gasteiger partial charge in [0, 0.05) is 0 Å². The van der Waals surface area contributed by atoms with Crippen LogP contribution in [0.1, 0.15) is 64.0 Å². The fourth-order valence-electron chi connectivity index (χ4n) is 3.00. The largest absolute Gasteiger partial charge is 3.00 e. The molecule has 2 aliphatic carbocycles. The summed E-state index contributed by atoms with van der Waals surface area (Å²) in [5.74, 6) is 0. The molecule has 4 rings (SSSR count). The quantitative estimate of drug-likeness (QED) is 0.184. The zero-order chi connectivity index (χ0) is 17.9. The monoisotopic (exact) mass is 538 g/mol. The molecule has 0 atom stereocenters. The Kier molecular flexibility index (Phi) is 26.9. The van der Waals surface area contributed by atoms with Gasteiger partial charge in [0.2, 0.25) is 0 Å². The molecule has 0 nitrogen and oxygen atoms in total. The first kappa shape index (κ1) is 36.9. The average molecular weight is 541 g/mol. The van der Waals surface area contributed by atoms with Crippen molar-refractivity contribution < 1.29 is 26.2 Å². The smallest absolute Gasteiger partial charge is 0.358 e. The molecule has 2 radical (unpaired) electrons. The van der Waals surface area contributed by atoms with Crippen LogP contribution in [-0.2, 0) is 32.6 Å². The molecule has 0 heterocycles. The molecule has 164 valence electrons. The third kappa shape index (κ3) is 12.5. The zero-order valence-corrected chi connectivity index (χ0v) is 25.3. The third-order valence-corrected chi connectivity index (χ3v) is 4.45. The van der Waals surface area contributed by atoms with E-state index < -0.39 is 0 Å². The van der Waals surface area contributed by atoms with Crippen molar-refractivity contribution in [2.24, 2.45) is 0 Å². The van der Waals surface area contributed by atoms with Crippen LogP contribution in [0, 0.1) is 19.6 Å². The van der Waals surface area contributed by atoms with Crippen molar-refractivity contribution >= 4 is 35.8 Å². The van der Waals surface area contributed by atoms with E-state index in [1.54, 1.807) is 0 Å². The molecule has 0 spiro atoms. The van der Waals surface area contributed by atoms with Crippen LogP contribution in [0.15, 0.2) is 60.2 Å². The predicted octanol–water partition coefficient (Wildman–Crippen LogP) is 7.45. The normalized spacial score (nSPS) is 10.8. The van der Waals surface area contributed by atoms with Gasteiger partial charge in [-0.25, -0.2) is 11.6 Å². The SMILES string of the molecule is CC1=CC[C-]=C1.CCCCCC.Cl.Cl.[CH3-].[SiH3].[Zr+3].[c-]1cccc2c1Cc1ccccc1-2. The predicted molar refractivity (Wildman–Crippen MR) is 140 cm³/mol. The maximum Gasteiger partial charge on any atom is 3.00 e. The minimum absolute atomic E-state index is 0. The van der Waals surface area contributed by atoms with Crippen LogP contribution in [0.25, 0.3) is 11.1 Å². The first-order valence-corrected chi connectivity index (χ1v) is 9.57. The number of hydrogen-bond acceptors (Lipinski definition) is 0. The molecule has 0 aromatic heterocycles. The van der Waals surface area contributed by atoms with E-state index in [1.165, 1.54) is 53.5 Å². The van der Waals surface area contributed by atoms with E-state index in [9.17, 15) is 0 Å². The fraction of sp³-hybridized carbons (Fsp3) is 0.346. The van der Waals surface area contributed by atoms with E-state index in [0.29, 0.717) is 0 Å². The van der Waals surface area contributed by atoms with Gasteiger partial charge in [-0.05, 0) is 17.4 Å². The van der Waals surface area contributed by atoms with Crippen LogP contribution in [0.3, 0.4) is 0 Å². The Morgan fingerprint density at radius 2 is 1.50 bits per heavy atom. The van der Waals surface area contributed by atoms with Gasteiger partial charge in [-0.1, -0.05) is 74.9 Å². The fourth-order valence-corrected chi connectivity index (χ4v) is 3.00. The number of rotatable bonds is 3. The van der Waals surface area contributed by atoms with Gasteiger partial charge >= 0.3 is 26.2 Å². The van der Waals surface area contributed by atoms with Crippen molar-refractivity contribution in [3.05, 3.63) is 90.9 Å². The molecule has 0 unspecified atom stereocenters. The molecule has 0 N–H and O–H groups in total. The van der Waals surface area contributed by atoms with Gasteiger partial charge in [0.05, 0.1) is 0 Å². The summed E-state index contributed by atoms with van der Waals surface area (Å²) in [6.07, 6.45) is 14.8. The first-order valence-electron chi connectivity index (χ1n) is 9.57. The van der Waals surface area contributed by atoms with Crippen LogP contribution in [0.5, 0.6) is 0 Å². The Bertz CT molecular complexity index is 676. The van der Waals surface area contributed by atoms with Crippen molar-refractivity contribution in [3.8, 4) is 11.1 Å². The van der Waals surface area contributed by atoms with Crippen molar-refractivity contribution in [1.82, 2.24) is 0 Å². The summed E-state index contributed by atoms with van der Waals surface area (Å²) in [4.78, 5) is 0. The van der Waals surface area contributed by atoms with Crippen molar-refractivity contribution in [3.63, 3.8) is 0 Å². The van der Waals surface area contributed by atoms with E-state index in [2.05, 4.69) is 75.4 Å². The molecule has 0 saturated heterocycles. The summed E-state index contributed by atoms with van der Waals surface area (Å²) in [6, 6.07) is 18.1. The standard InChI is InChI=1S/C13H9.C6H7.C6H14.CH3.2ClH.H3Si.Zr/c1-3-7-12-10(5-1)9-11-6-2-4-8-13(11)12;1-6-4-2-3-5-6;1-3-5-6-4-2;;;;;/h1-5,7-8H,9H2;4-5H,2H2,1H3;3-6H2,1-2H3;1H3;2*1H;1H3;/q2*-1;;-1;;;;+3. The topological polar surface area (TPSA) is 0 Å². The average Bonchev–Trinajstić information content (AvgIpc) is 3.27. The van der Waals surface area contributed by atoms with Crippen LogP contribution >= 0.6 is 24.8 Å². The minimum atomic E-state index is 0. The number of allylic oxidation sites excluding steroid dienone is 4. The van der Waals surface area contributed by atoms with E-state index >= 15 is 0 Å². The van der Waals surface area contributed by atoms with Crippen LogP contribution in [0.2, 0.25) is 0 Å². The van der Waals surface area contributed by atoms with E-state index in [4.69, 9.17) is 0 Å². The number of fused-ring (bicyclic) bond motifs is 3. The summed E-state index contributed by atoms with van der Waals surface area (Å²) in [5.41, 5.74) is 6.85. The number of benzene rings is 2. The van der Waals surface area contributed by atoms with E-state index in [1.807, 2.05) is 12.1 Å². The second-order valence-corrected chi connectivity index (χ2v) is 6.60. The second kappa shape index (κ2) is 21.8. The molecule has 2 aliphatic rings. The molecular weight excluding hydrogens is 503 g/mol. The molecule has 4 heteroatoms. The number of unbranched alkanes of at least 4 members (excludes halogenated alkanes) is 3. The summed E-state index contributed by atoms with van der Waals surface area (Å²) in [6.45, 7) is 6.55. The maximum atomic E-state index is 3.30. The van der Waals surface area contributed by atoms with Gasteiger partial charge in [0.25, 0.3) is 0 Å². The minimum Gasteiger partial charge on any atom is -0.358 e. The van der Waals surface area contributed by atoms with Gasteiger partial charge in [-0.2, -0.15) is 35.9 Å². The first-order chi connectivity index (χ1) is 12.3. The molecule has 30 heavy (non-hydrogen) atoms. The van der Waals surface area contributed by atoms with Gasteiger partial charge in [-0.3, -0.25) is 6.08 Å². The van der Waals surface area contributed by atoms with Gasteiger partial charge in [0.1, 0.15) is 0 Å². The molecule has 2 aromatic carbocycles. The van der Waals surface area contributed by atoms with Gasteiger partial charge in [-0.15, -0.1) is 43.7 Å². The molecule has 0 aliphatic heterocycles. The molecule has 0 saturated carbocycles. The molecule has 2 aromatic rings. The Labute approximate surface area is 222 Å². The van der Waals surface area contributed by atoms with Crippen molar-refractivity contribution in [2.45, 2.75) is 59.3 Å². The molecular formula is C26H38Cl2SiZr. The van der Waals surface area contributed by atoms with Crippen LogP contribution < -0.4 is 0 Å². The van der Waals surface area contributed by atoms with Crippen molar-refractivity contribution in [2.75, 3.05) is 0 Å². The van der Waals surface area contributed by atoms with Crippen molar-refractivity contribution in [1.29, 1.82) is 0 Å². The molecule has 0 amide bonds. The number of hydrogen-bond donors (Lipinski definition) is 0. The maximum absolute atomic E-state index is 3.30. The zero-order valence-electron chi connectivity index (χ0n) is 19.3.